The number of methoxy groups -OCH3 is 1. The van der Waals surface area contributed by atoms with Gasteiger partial charge < -0.3 is 30.0 Å². The van der Waals surface area contributed by atoms with E-state index in [2.05, 4.69) is 23.8 Å². The van der Waals surface area contributed by atoms with Crippen LogP contribution in [0.25, 0.3) is 0 Å². The van der Waals surface area contributed by atoms with E-state index < -0.39 is 41.9 Å². The van der Waals surface area contributed by atoms with Crippen molar-refractivity contribution in [1.29, 1.82) is 0 Å². The van der Waals surface area contributed by atoms with Gasteiger partial charge in [-0.1, -0.05) is 115 Å². The Morgan fingerprint density at radius 1 is 0.722 bits per heavy atom. The monoisotopic (exact) mass is 732 g/mol. The second-order valence-electron chi connectivity index (χ2n) is 13.2. The van der Waals surface area contributed by atoms with Gasteiger partial charge in [0, 0.05) is 13.5 Å². The summed E-state index contributed by atoms with van der Waals surface area (Å²) >= 11 is 0. The standard InChI is InChI=1S/C45H52N2O7/c1-4-15-37(29-42(49)46-39(30-48)28-34-23-25-40(26-24-34)53-31-35-19-11-7-12-20-35)44(50)47-41(32-52-3)43(36-21-13-8-14-22-36)54-45(51)38(16-5-2)27-33-17-9-6-10-18-33/h4-14,17-26,37-39,41,43,48H,1-2,15-16,27-32H2,3H3,(H,46,49)(H,47,50)/t37-,38-,39-,41-,43-/m0/s1. The van der Waals surface area contributed by atoms with Crippen LogP contribution in [0.2, 0.25) is 0 Å². The van der Waals surface area contributed by atoms with Crippen LogP contribution in [0.5, 0.6) is 5.75 Å². The number of carbonyl (C=O) groups excluding carboxylic acids is 3. The van der Waals surface area contributed by atoms with Crippen LogP contribution in [0, 0.1) is 11.8 Å². The Balaban J connectivity index is 1.40. The van der Waals surface area contributed by atoms with Crippen molar-refractivity contribution in [2.24, 2.45) is 11.8 Å². The number of hydrogen-bond donors (Lipinski definition) is 3. The third-order valence-electron chi connectivity index (χ3n) is 9.01. The van der Waals surface area contributed by atoms with E-state index >= 15 is 0 Å². The molecule has 54 heavy (non-hydrogen) atoms. The summed E-state index contributed by atoms with van der Waals surface area (Å²) in [6.45, 7) is 7.85. The SMILES string of the molecule is C=CC[C@@H](CC(=O)N[C@H](CO)Cc1ccc(OCc2ccccc2)cc1)C(=O)N[C@@H](COC)[C@@H](OC(=O)[C@@H](CC=C)Cc1ccccc1)c1ccccc1. The maximum Gasteiger partial charge on any atom is 0.310 e. The molecule has 2 amide bonds. The van der Waals surface area contributed by atoms with E-state index in [-0.39, 0.29) is 32.0 Å². The molecule has 4 aromatic rings. The number of ether oxygens (including phenoxy) is 3. The summed E-state index contributed by atoms with van der Waals surface area (Å²) < 4.78 is 17.6. The lowest BCUT2D eigenvalue weighted by molar-refractivity contribution is -0.158. The fourth-order valence-corrected chi connectivity index (χ4v) is 6.20. The maximum absolute atomic E-state index is 13.9. The number of aliphatic hydroxyl groups excluding tert-OH is 1. The quantitative estimate of drug-likeness (QED) is 0.0572. The number of amides is 2. The molecular weight excluding hydrogens is 681 g/mol. The molecule has 0 aliphatic rings. The van der Waals surface area contributed by atoms with Crippen LogP contribution in [0.1, 0.15) is 47.6 Å². The van der Waals surface area contributed by atoms with E-state index in [1.54, 1.807) is 12.2 Å². The van der Waals surface area contributed by atoms with Crippen molar-refractivity contribution in [3.63, 3.8) is 0 Å². The molecule has 0 aliphatic carbocycles. The molecular formula is C45H52N2O7. The van der Waals surface area contributed by atoms with Gasteiger partial charge in [0.2, 0.25) is 11.8 Å². The second-order valence-corrected chi connectivity index (χ2v) is 13.2. The van der Waals surface area contributed by atoms with E-state index in [0.29, 0.717) is 37.2 Å². The first-order valence-electron chi connectivity index (χ1n) is 18.3. The lowest BCUT2D eigenvalue weighted by Crippen LogP contribution is -2.47. The summed E-state index contributed by atoms with van der Waals surface area (Å²) in [6, 6.07) is 35.0. The smallest absolute Gasteiger partial charge is 0.310 e. The van der Waals surface area contributed by atoms with Crippen LogP contribution in [0.15, 0.2) is 141 Å². The lowest BCUT2D eigenvalue weighted by Gasteiger charge is -2.30. The van der Waals surface area contributed by atoms with Gasteiger partial charge in [0.1, 0.15) is 18.5 Å². The molecule has 0 heterocycles. The third kappa shape index (κ3) is 13.5. The number of rotatable bonds is 23. The highest BCUT2D eigenvalue weighted by molar-refractivity contribution is 5.86. The Morgan fingerprint density at radius 2 is 1.30 bits per heavy atom. The number of nitrogens with one attached hydrogen (secondary N) is 2. The molecule has 3 N–H and O–H groups in total. The molecule has 284 valence electrons. The zero-order valence-electron chi connectivity index (χ0n) is 31.0. The van der Waals surface area contributed by atoms with Gasteiger partial charge in [-0.15, -0.1) is 13.2 Å². The summed E-state index contributed by atoms with van der Waals surface area (Å²) in [5, 5.41) is 16.0. The first-order valence-corrected chi connectivity index (χ1v) is 18.3. The molecule has 0 bridgehead atoms. The second kappa shape index (κ2) is 22.5. The highest BCUT2D eigenvalue weighted by atomic mass is 16.5. The molecule has 0 saturated carbocycles. The van der Waals surface area contributed by atoms with E-state index in [1.165, 1.54) is 7.11 Å². The van der Waals surface area contributed by atoms with Gasteiger partial charge >= 0.3 is 5.97 Å². The minimum absolute atomic E-state index is 0.0407. The maximum atomic E-state index is 13.9. The molecule has 4 aromatic carbocycles. The lowest BCUT2D eigenvalue weighted by atomic mass is 9.95. The van der Waals surface area contributed by atoms with Crippen molar-refractivity contribution < 1.29 is 33.7 Å². The average Bonchev–Trinajstić information content (AvgIpc) is 3.20. The predicted molar refractivity (Wildman–Crippen MR) is 210 cm³/mol. The van der Waals surface area contributed by atoms with Crippen molar-refractivity contribution >= 4 is 17.8 Å². The minimum atomic E-state index is -0.877. The van der Waals surface area contributed by atoms with Gasteiger partial charge in [-0.25, -0.2) is 0 Å². The van der Waals surface area contributed by atoms with Gasteiger partial charge in [0.25, 0.3) is 0 Å². The molecule has 4 rings (SSSR count). The molecule has 0 fully saturated rings. The van der Waals surface area contributed by atoms with Crippen LogP contribution in [-0.4, -0.2) is 55.3 Å². The Hall–Kier alpha value is -5.51. The van der Waals surface area contributed by atoms with E-state index in [0.717, 1.165) is 16.7 Å². The summed E-state index contributed by atoms with van der Waals surface area (Å²) in [5.74, 6) is -1.78. The number of aliphatic hydroxyl groups is 1. The number of esters is 1. The Bertz CT molecular complexity index is 1730. The van der Waals surface area contributed by atoms with Crippen LogP contribution in [-0.2, 0) is 43.3 Å². The van der Waals surface area contributed by atoms with Gasteiger partial charge in [0.15, 0.2) is 0 Å². The summed E-state index contributed by atoms with van der Waals surface area (Å²) in [4.78, 5) is 40.9. The minimum Gasteiger partial charge on any atom is -0.489 e. The average molecular weight is 733 g/mol. The van der Waals surface area contributed by atoms with Crippen LogP contribution in [0.3, 0.4) is 0 Å². The van der Waals surface area contributed by atoms with Crippen LogP contribution < -0.4 is 15.4 Å². The molecule has 0 saturated heterocycles. The third-order valence-corrected chi connectivity index (χ3v) is 9.01. The normalized spacial score (nSPS) is 13.7. The first-order chi connectivity index (χ1) is 26.3. The van der Waals surface area contributed by atoms with E-state index in [1.807, 2.05) is 115 Å². The summed E-state index contributed by atoms with van der Waals surface area (Å²) in [6.07, 6.45) is 3.76. The molecule has 0 spiro atoms. The van der Waals surface area contributed by atoms with Gasteiger partial charge in [-0.3, -0.25) is 14.4 Å². The largest absolute Gasteiger partial charge is 0.489 e. The summed E-state index contributed by atoms with van der Waals surface area (Å²) in [5.41, 5.74) is 3.65. The predicted octanol–water partition coefficient (Wildman–Crippen LogP) is 6.72. The Morgan fingerprint density at radius 3 is 1.89 bits per heavy atom. The van der Waals surface area contributed by atoms with Gasteiger partial charge in [-0.2, -0.15) is 0 Å². The molecule has 0 aromatic heterocycles. The van der Waals surface area contributed by atoms with Crippen molar-refractivity contribution in [1.82, 2.24) is 10.6 Å². The van der Waals surface area contributed by atoms with Crippen LogP contribution >= 0.6 is 0 Å². The fourth-order valence-electron chi connectivity index (χ4n) is 6.20. The topological polar surface area (TPSA) is 123 Å². The molecule has 0 unspecified atom stereocenters. The Labute approximate surface area is 319 Å². The van der Waals surface area contributed by atoms with Crippen LogP contribution in [0.4, 0.5) is 0 Å². The summed E-state index contributed by atoms with van der Waals surface area (Å²) in [7, 11) is 1.51. The molecule has 5 atom stereocenters. The Kier molecular flexibility index (Phi) is 17.2. The van der Waals surface area contributed by atoms with E-state index in [9.17, 15) is 19.5 Å². The van der Waals surface area contributed by atoms with Gasteiger partial charge in [-0.05, 0) is 60.1 Å². The number of allylic oxidation sites excluding steroid dienone is 2. The zero-order chi connectivity index (χ0) is 38.5. The van der Waals surface area contributed by atoms with Crippen molar-refractivity contribution in [2.45, 2.75) is 56.9 Å². The highest BCUT2D eigenvalue weighted by Gasteiger charge is 2.33. The molecule has 9 heteroatoms. The first kappa shape index (κ1) is 41.2. The number of benzene rings is 4. The van der Waals surface area contributed by atoms with Crippen molar-refractivity contribution in [3.8, 4) is 5.75 Å². The number of carbonyl (C=O) groups is 3. The van der Waals surface area contributed by atoms with Crippen molar-refractivity contribution in [3.05, 3.63) is 163 Å². The van der Waals surface area contributed by atoms with E-state index in [4.69, 9.17) is 14.2 Å². The molecule has 0 radical (unpaired) electrons. The molecule has 0 aliphatic heterocycles. The van der Waals surface area contributed by atoms with Gasteiger partial charge in [0.05, 0.1) is 37.1 Å². The zero-order valence-corrected chi connectivity index (χ0v) is 31.0. The molecule has 9 nitrogen and oxygen atoms in total. The fraction of sp³-hybridized carbons (Fsp3) is 0.311. The highest BCUT2D eigenvalue weighted by Crippen LogP contribution is 2.26. The number of hydrogen-bond acceptors (Lipinski definition) is 7. The van der Waals surface area contributed by atoms with Crippen molar-refractivity contribution in [2.75, 3.05) is 20.3 Å².